The SMILES string of the molecule is CC(C)(C)[Si](OCC1=C2B(O)O[C@H](c3ccccc3O)C[C@H]2[C@H]2C(=O)N(CCCCCC(=O)O)C(=O)[C@H]2C1)(c1ccccc1)c1ccccc1. The van der Waals surface area contributed by atoms with E-state index >= 15 is 0 Å². The minimum Gasteiger partial charge on any atom is -0.508 e. The first-order valence-electron chi connectivity index (χ1n) is 17.6. The van der Waals surface area contributed by atoms with Crippen LogP contribution in [0, 0.1) is 17.8 Å². The van der Waals surface area contributed by atoms with Crippen molar-refractivity contribution in [2.75, 3.05) is 13.2 Å². The van der Waals surface area contributed by atoms with Crippen LogP contribution in [-0.4, -0.2) is 66.5 Å². The van der Waals surface area contributed by atoms with E-state index in [1.807, 2.05) is 36.4 Å². The Kier molecular flexibility index (Phi) is 10.5. The van der Waals surface area contributed by atoms with Crippen LogP contribution in [0.25, 0.3) is 0 Å². The van der Waals surface area contributed by atoms with E-state index < -0.39 is 45.3 Å². The predicted octanol–water partition coefficient (Wildman–Crippen LogP) is 5.01. The van der Waals surface area contributed by atoms with Crippen LogP contribution in [0.2, 0.25) is 5.04 Å². The van der Waals surface area contributed by atoms with Gasteiger partial charge >= 0.3 is 13.1 Å². The third-order valence-corrected chi connectivity index (χ3v) is 15.7. The summed E-state index contributed by atoms with van der Waals surface area (Å²) in [6.07, 6.45) is 1.50. The van der Waals surface area contributed by atoms with E-state index in [0.717, 1.165) is 15.9 Å². The molecule has 2 heterocycles. The number of carboxylic acid groups (broad SMARTS) is 1. The van der Waals surface area contributed by atoms with Gasteiger partial charge in [-0.25, -0.2) is 0 Å². The molecule has 9 nitrogen and oxygen atoms in total. The third kappa shape index (κ3) is 6.71. The molecule has 262 valence electrons. The van der Waals surface area contributed by atoms with Crippen molar-refractivity contribution in [3.63, 3.8) is 0 Å². The lowest BCUT2D eigenvalue weighted by Crippen LogP contribution is -2.66. The highest BCUT2D eigenvalue weighted by molar-refractivity contribution is 6.99. The topological polar surface area (TPSA) is 134 Å². The summed E-state index contributed by atoms with van der Waals surface area (Å²) in [7, 11) is -4.35. The van der Waals surface area contributed by atoms with E-state index in [4.69, 9.17) is 14.2 Å². The van der Waals surface area contributed by atoms with Crippen molar-refractivity contribution in [2.24, 2.45) is 17.8 Å². The minimum atomic E-state index is -2.99. The molecule has 0 radical (unpaired) electrons. The molecule has 3 N–H and O–H groups in total. The zero-order valence-corrected chi connectivity index (χ0v) is 30.0. The fourth-order valence-electron chi connectivity index (χ4n) is 8.47. The minimum absolute atomic E-state index is 0.0385. The lowest BCUT2D eigenvalue weighted by Gasteiger charge is -2.45. The van der Waals surface area contributed by atoms with E-state index in [9.17, 15) is 24.5 Å². The zero-order chi connectivity index (χ0) is 35.6. The Morgan fingerprint density at radius 2 is 1.52 bits per heavy atom. The standard InChI is InChI=1S/C39H46BNO8Si/c1-39(2,3)50(27-15-7-4-8-16-27,28-17-9-5-10-18-28)48-25-26-23-31-35(38(46)41(37(31)45)22-14-6-11-21-34(43)44)30-24-33(49-40(47)36(26)30)29-19-12-13-20-32(29)42/h4-5,7-10,12-13,15-20,30-31,33,35,42,47H,6,11,14,21-25H2,1-3H3,(H,43,44)/t30-,31-,33-,35+/m0/s1. The van der Waals surface area contributed by atoms with E-state index in [1.165, 1.54) is 4.90 Å². The number of carbonyl (C=O) groups is 3. The number of benzene rings is 3. The number of phenols is 1. The lowest BCUT2D eigenvalue weighted by molar-refractivity contribution is -0.141. The Balaban J connectivity index is 1.38. The van der Waals surface area contributed by atoms with Crippen LogP contribution in [0.1, 0.15) is 71.0 Å². The summed E-state index contributed by atoms with van der Waals surface area (Å²) in [5.41, 5.74) is 1.89. The number of rotatable bonds is 12. The van der Waals surface area contributed by atoms with Gasteiger partial charge in [0.2, 0.25) is 11.8 Å². The second kappa shape index (κ2) is 14.7. The molecule has 3 aliphatic rings. The summed E-state index contributed by atoms with van der Waals surface area (Å²) in [5.74, 6) is -3.14. The van der Waals surface area contributed by atoms with E-state index in [0.29, 0.717) is 36.7 Å². The maximum absolute atomic E-state index is 14.1. The van der Waals surface area contributed by atoms with Gasteiger partial charge in [-0.3, -0.25) is 19.3 Å². The van der Waals surface area contributed by atoms with Gasteiger partial charge in [-0.15, -0.1) is 0 Å². The fourth-order valence-corrected chi connectivity index (χ4v) is 13.0. The number of hydrogen-bond acceptors (Lipinski definition) is 7. The van der Waals surface area contributed by atoms with Crippen molar-refractivity contribution in [3.05, 3.63) is 102 Å². The average molecular weight is 696 g/mol. The van der Waals surface area contributed by atoms with Crippen LogP contribution in [0.3, 0.4) is 0 Å². The Morgan fingerprint density at radius 1 is 0.900 bits per heavy atom. The van der Waals surface area contributed by atoms with Gasteiger partial charge in [0.25, 0.3) is 8.32 Å². The van der Waals surface area contributed by atoms with Crippen LogP contribution in [0.4, 0.5) is 0 Å². The second-order valence-corrected chi connectivity index (χ2v) is 19.1. The van der Waals surface area contributed by atoms with Crippen LogP contribution in [0.5, 0.6) is 5.75 Å². The van der Waals surface area contributed by atoms with Gasteiger partial charge < -0.3 is 24.3 Å². The Morgan fingerprint density at radius 3 is 2.12 bits per heavy atom. The molecule has 0 bridgehead atoms. The highest BCUT2D eigenvalue weighted by Crippen LogP contribution is 2.52. The number of nitrogens with zero attached hydrogens (tertiary/aromatic N) is 1. The van der Waals surface area contributed by atoms with Gasteiger partial charge in [0, 0.05) is 18.5 Å². The van der Waals surface area contributed by atoms with Gasteiger partial charge in [0.15, 0.2) is 0 Å². The molecule has 3 aromatic rings. The molecule has 50 heavy (non-hydrogen) atoms. The summed E-state index contributed by atoms with van der Waals surface area (Å²) in [5, 5.41) is 33.4. The normalized spacial score (nSPS) is 22.5. The maximum Gasteiger partial charge on any atom is 0.487 e. The number of phenolic OH excluding ortho intramolecular Hbond substituents is 1. The van der Waals surface area contributed by atoms with Crippen LogP contribution < -0.4 is 10.4 Å². The Bertz CT molecular complexity index is 1700. The molecule has 3 aromatic carbocycles. The summed E-state index contributed by atoms with van der Waals surface area (Å²) in [6, 6.07) is 27.4. The zero-order valence-electron chi connectivity index (χ0n) is 29.0. The van der Waals surface area contributed by atoms with Crippen LogP contribution in [0.15, 0.2) is 96.0 Å². The van der Waals surface area contributed by atoms with E-state index in [1.54, 1.807) is 24.3 Å². The first-order valence-corrected chi connectivity index (χ1v) is 19.5. The predicted molar refractivity (Wildman–Crippen MR) is 193 cm³/mol. The summed E-state index contributed by atoms with van der Waals surface area (Å²) >= 11 is 0. The number of fused-ring (bicyclic) bond motifs is 3. The highest BCUT2D eigenvalue weighted by atomic mass is 28.4. The number of carboxylic acids is 1. The molecule has 6 rings (SSSR count). The van der Waals surface area contributed by atoms with E-state index in [2.05, 4.69) is 45.0 Å². The molecule has 4 atom stereocenters. The molecule has 0 aromatic heterocycles. The van der Waals surface area contributed by atoms with Crippen molar-refractivity contribution in [1.29, 1.82) is 0 Å². The van der Waals surface area contributed by atoms with Gasteiger partial charge in [-0.05, 0) is 64.1 Å². The number of unbranched alkanes of at least 4 members (excludes halogenated alkanes) is 2. The molecule has 0 unspecified atom stereocenters. The van der Waals surface area contributed by atoms with Crippen LogP contribution in [-0.2, 0) is 23.5 Å². The third-order valence-electron chi connectivity index (χ3n) is 10.7. The van der Waals surface area contributed by atoms with Crippen LogP contribution >= 0.6 is 0 Å². The molecular formula is C39H46BNO8Si. The van der Waals surface area contributed by atoms with Crippen molar-refractivity contribution < 1.29 is 38.7 Å². The van der Waals surface area contributed by atoms with Gasteiger partial charge in [0.1, 0.15) is 5.75 Å². The number of allylic oxidation sites excluding steroid dienone is 1. The largest absolute Gasteiger partial charge is 0.508 e. The molecule has 0 spiro atoms. The number of aliphatic carboxylic acids is 1. The molecular weight excluding hydrogens is 649 g/mol. The fraction of sp³-hybridized carbons (Fsp3) is 0.410. The highest BCUT2D eigenvalue weighted by Gasteiger charge is 2.58. The lowest BCUT2D eigenvalue weighted by atomic mass is 9.55. The number of imide groups is 1. The molecule has 1 aliphatic carbocycles. The van der Waals surface area contributed by atoms with Gasteiger partial charge in [-0.1, -0.05) is 106 Å². The molecule has 2 saturated heterocycles. The number of aromatic hydroxyl groups is 1. The molecule has 2 amide bonds. The molecule has 2 aliphatic heterocycles. The van der Waals surface area contributed by atoms with Gasteiger partial charge in [0.05, 0.1) is 24.5 Å². The summed E-state index contributed by atoms with van der Waals surface area (Å²) in [6.45, 7) is 6.96. The maximum atomic E-state index is 14.1. The van der Waals surface area contributed by atoms with Gasteiger partial charge in [-0.2, -0.15) is 0 Å². The van der Waals surface area contributed by atoms with Crippen molar-refractivity contribution in [2.45, 2.75) is 70.4 Å². The molecule has 0 saturated carbocycles. The average Bonchev–Trinajstić information content (AvgIpc) is 3.33. The Hall–Kier alpha value is -4.03. The number of amides is 2. The first-order chi connectivity index (χ1) is 23.9. The summed E-state index contributed by atoms with van der Waals surface area (Å²) < 4.78 is 13.5. The monoisotopic (exact) mass is 695 g/mol. The van der Waals surface area contributed by atoms with E-state index in [-0.39, 0.29) is 48.6 Å². The quantitative estimate of drug-likeness (QED) is 0.137. The Labute approximate surface area is 295 Å². The second-order valence-electron chi connectivity index (χ2n) is 14.8. The van der Waals surface area contributed by atoms with Crippen molar-refractivity contribution in [1.82, 2.24) is 4.90 Å². The number of likely N-dealkylation sites (tertiary alicyclic amines) is 1. The summed E-state index contributed by atoms with van der Waals surface area (Å²) in [4.78, 5) is 40.5. The molecule has 11 heteroatoms. The molecule has 2 fully saturated rings. The number of carbonyl (C=O) groups excluding carboxylic acids is 2. The smallest absolute Gasteiger partial charge is 0.487 e. The number of para-hydroxylation sites is 1. The first kappa shape index (κ1) is 35.8. The number of hydrogen-bond donors (Lipinski definition) is 3. The van der Waals surface area contributed by atoms with Crippen molar-refractivity contribution >= 4 is 43.6 Å². The van der Waals surface area contributed by atoms with Crippen molar-refractivity contribution in [3.8, 4) is 5.75 Å².